The van der Waals surface area contributed by atoms with Crippen molar-refractivity contribution in [1.82, 2.24) is 5.32 Å². The number of carbonyl (C=O) groups is 1. The van der Waals surface area contributed by atoms with Crippen molar-refractivity contribution in [3.8, 4) is 0 Å². The molecule has 0 aromatic carbocycles. The zero-order chi connectivity index (χ0) is 8.10. The van der Waals surface area contributed by atoms with Crippen LogP contribution in [-0.4, -0.2) is 11.4 Å². The molecule has 0 atom stereocenters. The highest BCUT2D eigenvalue weighted by Crippen LogP contribution is 2.22. The minimum Gasteiger partial charge on any atom is -0.346 e. The normalized spacial score (nSPS) is 19.7. The molecular weight excluding hydrogens is 206 g/mol. The first kappa shape index (κ1) is 9.04. The summed E-state index contributed by atoms with van der Waals surface area (Å²) in [6.07, 6.45) is 6.62. The van der Waals surface area contributed by atoms with Crippen molar-refractivity contribution in [2.45, 2.75) is 32.1 Å². The van der Waals surface area contributed by atoms with Crippen LogP contribution in [0.25, 0.3) is 0 Å². The predicted molar refractivity (Wildman–Crippen MR) is 48.9 cm³/mol. The molecule has 11 heavy (non-hydrogen) atoms. The van der Waals surface area contributed by atoms with E-state index in [2.05, 4.69) is 21.2 Å². The third-order valence-electron chi connectivity index (χ3n) is 2.25. The highest BCUT2D eigenvalue weighted by Gasteiger charge is 2.12. The van der Waals surface area contributed by atoms with Gasteiger partial charge in [0.25, 0.3) is 4.82 Å². The van der Waals surface area contributed by atoms with Crippen LogP contribution in [0.2, 0.25) is 0 Å². The van der Waals surface area contributed by atoms with Crippen molar-refractivity contribution in [3.63, 3.8) is 0 Å². The quantitative estimate of drug-likeness (QED) is 0.562. The Balaban J connectivity index is 2.09. The molecule has 0 aromatic heterocycles. The molecule has 0 heterocycles. The highest BCUT2D eigenvalue weighted by molar-refractivity contribution is 9.18. The van der Waals surface area contributed by atoms with E-state index in [-0.39, 0.29) is 4.82 Å². The van der Waals surface area contributed by atoms with Gasteiger partial charge in [0.15, 0.2) is 0 Å². The van der Waals surface area contributed by atoms with Crippen LogP contribution < -0.4 is 5.32 Å². The third-order valence-corrected chi connectivity index (χ3v) is 2.53. The Morgan fingerprint density at radius 2 is 2.00 bits per heavy atom. The molecule has 1 saturated carbocycles. The van der Waals surface area contributed by atoms with Crippen LogP contribution in [-0.2, 0) is 0 Å². The average molecular weight is 220 g/mol. The van der Waals surface area contributed by atoms with Gasteiger partial charge in [-0.25, -0.2) is 0 Å². The van der Waals surface area contributed by atoms with Crippen molar-refractivity contribution >= 4 is 20.7 Å². The maximum atomic E-state index is 10.5. The van der Waals surface area contributed by atoms with Gasteiger partial charge in [-0.15, -0.1) is 0 Å². The van der Waals surface area contributed by atoms with Crippen LogP contribution in [0.15, 0.2) is 0 Å². The van der Waals surface area contributed by atoms with E-state index >= 15 is 0 Å². The Morgan fingerprint density at radius 3 is 2.55 bits per heavy atom. The molecule has 1 aliphatic carbocycles. The summed E-state index contributed by atoms with van der Waals surface area (Å²) < 4.78 is 0. The Labute approximate surface area is 75.9 Å². The highest BCUT2D eigenvalue weighted by atomic mass is 79.9. The summed E-state index contributed by atoms with van der Waals surface area (Å²) in [5.41, 5.74) is 0. The summed E-state index contributed by atoms with van der Waals surface area (Å²) in [5, 5.41) is 2.79. The minimum absolute atomic E-state index is 0.0805. The molecule has 0 unspecified atom stereocenters. The van der Waals surface area contributed by atoms with Crippen LogP contribution in [0.4, 0.5) is 4.79 Å². The van der Waals surface area contributed by atoms with E-state index in [1.54, 1.807) is 0 Å². The Bertz CT molecular complexity index is 132. The van der Waals surface area contributed by atoms with Gasteiger partial charge in [-0.2, -0.15) is 0 Å². The molecule has 0 bridgehead atoms. The van der Waals surface area contributed by atoms with Gasteiger partial charge in [0.2, 0.25) is 0 Å². The second-order valence-corrected chi connectivity index (χ2v) is 3.88. The van der Waals surface area contributed by atoms with Crippen molar-refractivity contribution in [3.05, 3.63) is 0 Å². The maximum Gasteiger partial charge on any atom is 0.287 e. The summed E-state index contributed by atoms with van der Waals surface area (Å²) in [4.78, 5) is 10.4. The second kappa shape index (κ2) is 4.75. The first-order valence-corrected chi connectivity index (χ1v) is 5.01. The van der Waals surface area contributed by atoms with Crippen LogP contribution in [0.1, 0.15) is 32.1 Å². The fourth-order valence-electron chi connectivity index (χ4n) is 1.62. The average Bonchev–Trinajstić information content (AvgIpc) is 2.03. The Kier molecular flexibility index (Phi) is 3.91. The van der Waals surface area contributed by atoms with Gasteiger partial charge in [0.1, 0.15) is 0 Å². The molecule has 2 nitrogen and oxygen atoms in total. The summed E-state index contributed by atoms with van der Waals surface area (Å²) in [6, 6.07) is 0. The molecular formula is C8H14BrNO. The van der Waals surface area contributed by atoms with E-state index in [1.807, 2.05) is 0 Å². The zero-order valence-corrected chi connectivity index (χ0v) is 8.19. The van der Waals surface area contributed by atoms with Gasteiger partial charge < -0.3 is 5.32 Å². The molecule has 0 aromatic rings. The number of rotatable bonds is 2. The smallest absolute Gasteiger partial charge is 0.287 e. The van der Waals surface area contributed by atoms with Gasteiger partial charge in [0, 0.05) is 22.5 Å². The first-order chi connectivity index (χ1) is 5.29. The summed E-state index contributed by atoms with van der Waals surface area (Å²) in [5.74, 6) is 0.727. The Morgan fingerprint density at radius 1 is 1.36 bits per heavy atom. The lowest BCUT2D eigenvalue weighted by atomic mass is 9.89. The Hall–Kier alpha value is -0.0500. The number of hydrogen-bond donors (Lipinski definition) is 1. The van der Waals surface area contributed by atoms with Crippen molar-refractivity contribution < 1.29 is 4.79 Å². The number of amides is 1. The number of halogens is 1. The van der Waals surface area contributed by atoms with Crippen LogP contribution >= 0.6 is 15.9 Å². The predicted octanol–water partition coefficient (Wildman–Crippen LogP) is 2.67. The molecule has 0 aliphatic heterocycles. The van der Waals surface area contributed by atoms with Gasteiger partial charge in [-0.3, -0.25) is 4.79 Å². The monoisotopic (exact) mass is 219 g/mol. The van der Waals surface area contributed by atoms with E-state index in [0.717, 1.165) is 12.5 Å². The summed E-state index contributed by atoms with van der Waals surface area (Å²) in [7, 11) is 0. The van der Waals surface area contributed by atoms with E-state index < -0.39 is 0 Å². The van der Waals surface area contributed by atoms with E-state index in [4.69, 9.17) is 0 Å². The van der Waals surface area contributed by atoms with Crippen molar-refractivity contribution in [2.24, 2.45) is 5.92 Å². The number of hydrogen-bond acceptors (Lipinski definition) is 1. The van der Waals surface area contributed by atoms with Crippen LogP contribution in [0.5, 0.6) is 0 Å². The largest absolute Gasteiger partial charge is 0.346 e. The number of nitrogens with one attached hydrogen (secondary N) is 1. The maximum absolute atomic E-state index is 10.5. The molecule has 0 spiro atoms. The lowest BCUT2D eigenvalue weighted by Crippen LogP contribution is -2.25. The standard InChI is InChI=1S/C8H14BrNO/c9-8(11)10-6-7-4-2-1-3-5-7/h7H,1-6H2,(H,10,11). The van der Waals surface area contributed by atoms with Gasteiger partial charge in [-0.1, -0.05) is 19.3 Å². The van der Waals surface area contributed by atoms with Gasteiger partial charge in [-0.05, 0) is 18.8 Å². The number of carbonyl (C=O) groups excluding carboxylic acids is 1. The molecule has 1 aliphatic rings. The third kappa shape index (κ3) is 3.75. The second-order valence-electron chi connectivity index (χ2n) is 3.16. The zero-order valence-electron chi connectivity index (χ0n) is 6.61. The molecule has 1 rings (SSSR count). The van der Waals surface area contributed by atoms with Gasteiger partial charge >= 0.3 is 0 Å². The lowest BCUT2D eigenvalue weighted by molar-refractivity contribution is 0.257. The topological polar surface area (TPSA) is 29.1 Å². The SMILES string of the molecule is O=C(Br)NCC1CCCCC1. The molecule has 1 fully saturated rings. The van der Waals surface area contributed by atoms with Crippen molar-refractivity contribution in [2.75, 3.05) is 6.54 Å². The van der Waals surface area contributed by atoms with E-state index in [1.165, 1.54) is 32.1 Å². The first-order valence-electron chi connectivity index (χ1n) is 4.22. The molecule has 0 saturated heterocycles. The van der Waals surface area contributed by atoms with Crippen LogP contribution in [0.3, 0.4) is 0 Å². The molecule has 0 radical (unpaired) electrons. The van der Waals surface area contributed by atoms with E-state index in [9.17, 15) is 4.79 Å². The minimum atomic E-state index is -0.0805. The van der Waals surface area contributed by atoms with E-state index in [0.29, 0.717) is 0 Å². The lowest BCUT2D eigenvalue weighted by Gasteiger charge is -2.20. The van der Waals surface area contributed by atoms with Gasteiger partial charge in [0.05, 0.1) is 0 Å². The van der Waals surface area contributed by atoms with Crippen molar-refractivity contribution in [1.29, 1.82) is 0 Å². The fourth-order valence-corrected chi connectivity index (χ4v) is 1.78. The molecule has 1 amide bonds. The molecule has 1 N–H and O–H groups in total. The molecule has 3 heteroatoms. The molecule has 64 valence electrons. The fraction of sp³-hybridized carbons (Fsp3) is 0.875. The summed E-state index contributed by atoms with van der Waals surface area (Å²) >= 11 is 2.85. The summed E-state index contributed by atoms with van der Waals surface area (Å²) in [6.45, 7) is 0.851. The van der Waals surface area contributed by atoms with Crippen LogP contribution in [0, 0.1) is 5.92 Å².